The molecule has 0 saturated heterocycles. The maximum atomic E-state index is 12.2. The summed E-state index contributed by atoms with van der Waals surface area (Å²) in [6.07, 6.45) is 0. The Kier molecular flexibility index (Phi) is 4.01. The van der Waals surface area contributed by atoms with Crippen molar-refractivity contribution in [2.45, 2.75) is 6.92 Å². The number of aromatic nitrogens is 2. The zero-order chi connectivity index (χ0) is 18.1. The van der Waals surface area contributed by atoms with E-state index in [0.717, 1.165) is 28.0 Å². The fourth-order valence-electron chi connectivity index (χ4n) is 3.16. The van der Waals surface area contributed by atoms with Gasteiger partial charge in [0, 0.05) is 0 Å². The van der Waals surface area contributed by atoms with Gasteiger partial charge < -0.3 is 9.72 Å². The summed E-state index contributed by atoms with van der Waals surface area (Å²) >= 11 is 0. The Labute approximate surface area is 151 Å². The summed E-state index contributed by atoms with van der Waals surface area (Å²) in [5, 5.41) is 0. The third-order valence-electron chi connectivity index (χ3n) is 4.44. The third-order valence-corrected chi connectivity index (χ3v) is 4.44. The lowest BCUT2D eigenvalue weighted by Gasteiger charge is -2.08. The number of rotatable bonds is 3. The molecule has 4 nitrogen and oxygen atoms in total. The molecule has 0 aliphatic heterocycles. The molecule has 0 unspecified atom stereocenters. The van der Waals surface area contributed by atoms with Gasteiger partial charge in [0.1, 0.15) is 11.3 Å². The van der Waals surface area contributed by atoms with Crippen LogP contribution in [0.1, 0.15) is 16.2 Å². The summed E-state index contributed by atoms with van der Waals surface area (Å²) in [6.45, 7) is 1.87. The average molecular weight is 342 g/mol. The Bertz CT molecular complexity index is 1080. The van der Waals surface area contributed by atoms with Crippen molar-refractivity contribution in [1.82, 2.24) is 9.97 Å². The number of aromatic amines is 1. The molecular weight excluding hydrogens is 324 g/mol. The van der Waals surface area contributed by atoms with Crippen molar-refractivity contribution in [2.24, 2.45) is 0 Å². The number of hydrogen-bond donors (Lipinski definition) is 1. The Morgan fingerprint density at radius 3 is 2.15 bits per heavy atom. The molecule has 4 heteroatoms. The number of carbonyl (C=O) groups excluding carboxylic acids is 1. The number of fused-ring (bicyclic) bond motifs is 1. The van der Waals surface area contributed by atoms with Gasteiger partial charge in [-0.15, -0.1) is 0 Å². The number of nitrogens with zero attached hydrogens (tertiary/aromatic N) is 1. The lowest BCUT2D eigenvalue weighted by Crippen LogP contribution is -2.02. The first-order valence-corrected chi connectivity index (χ1v) is 8.40. The summed E-state index contributed by atoms with van der Waals surface area (Å²) in [4.78, 5) is 19.8. The maximum Gasteiger partial charge on any atom is 0.340 e. The molecule has 0 saturated carbocycles. The molecule has 0 amide bonds. The van der Waals surface area contributed by atoms with Gasteiger partial charge >= 0.3 is 5.97 Å². The van der Waals surface area contributed by atoms with E-state index in [2.05, 4.69) is 46.4 Å². The quantitative estimate of drug-likeness (QED) is 0.534. The highest BCUT2D eigenvalue weighted by Gasteiger charge is 2.16. The van der Waals surface area contributed by atoms with Crippen molar-refractivity contribution >= 4 is 17.0 Å². The van der Waals surface area contributed by atoms with E-state index >= 15 is 0 Å². The topological polar surface area (TPSA) is 55.0 Å². The van der Waals surface area contributed by atoms with E-state index in [1.165, 1.54) is 12.7 Å². The number of aryl methyl sites for hydroxylation is 1. The zero-order valence-corrected chi connectivity index (χ0v) is 14.6. The van der Waals surface area contributed by atoms with E-state index in [-0.39, 0.29) is 5.97 Å². The van der Waals surface area contributed by atoms with Crippen LogP contribution >= 0.6 is 0 Å². The molecule has 0 bridgehead atoms. The molecule has 4 rings (SSSR count). The van der Waals surface area contributed by atoms with E-state index in [0.29, 0.717) is 11.1 Å². The van der Waals surface area contributed by atoms with Gasteiger partial charge in [0.15, 0.2) is 0 Å². The smallest absolute Gasteiger partial charge is 0.340 e. The second kappa shape index (κ2) is 6.48. The van der Waals surface area contributed by atoms with Crippen LogP contribution in [0.25, 0.3) is 33.3 Å². The fourth-order valence-corrected chi connectivity index (χ4v) is 3.16. The highest BCUT2D eigenvalue weighted by atomic mass is 16.5. The normalized spacial score (nSPS) is 10.8. The van der Waals surface area contributed by atoms with Gasteiger partial charge in [0.2, 0.25) is 0 Å². The first kappa shape index (κ1) is 16.1. The van der Waals surface area contributed by atoms with Crippen LogP contribution in [0.15, 0.2) is 66.7 Å². The molecule has 4 aromatic rings. The Balaban J connectivity index is 1.80. The summed E-state index contributed by atoms with van der Waals surface area (Å²) in [5.41, 5.74) is 6.24. The minimum Gasteiger partial charge on any atom is -0.465 e. The number of hydrogen-bond acceptors (Lipinski definition) is 3. The second-order valence-corrected chi connectivity index (χ2v) is 6.18. The van der Waals surface area contributed by atoms with Crippen molar-refractivity contribution in [2.75, 3.05) is 7.11 Å². The average Bonchev–Trinajstić information content (AvgIpc) is 3.07. The summed E-state index contributed by atoms with van der Waals surface area (Å²) < 4.78 is 4.93. The highest BCUT2D eigenvalue weighted by Crippen LogP contribution is 2.29. The van der Waals surface area contributed by atoms with Crippen molar-refractivity contribution in [1.29, 1.82) is 0 Å². The number of imidazole rings is 1. The van der Waals surface area contributed by atoms with Crippen molar-refractivity contribution in [3.05, 3.63) is 78.1 Å². The lowest BCUT2D eigenvalue weighted by molar-refractivity contribution is 0.0603. The molecule has 3 aromatic carbocycles. The monoisotopic (exact) mass is 342 g/mol. The number of ether oxygens (including phenoxy) is 1. The van der Waals surface area contributed by atoms with Gasteiger partial charge in [0.05, 0.1) is 18.2 Å². The van der Waals surface area contributed by atoms with Crippen LogP contribution < -0.4 is 0 Å². The van der Waals surface area contributed by atoms with E-state index in [1.807, 2.05) is 37.3 Å². The van der Waals surface area contributed by atoms with Gasteiger partial charge in [0.25, 0.3) is 0 Å². The van der Waals surface area contributed by atoms with Crippen molar-refractivity contribution in [3.8, 4) is 22.3 Å². The second-order valence-electron chi connectivity index (χ2n) is 6.18. The van der Waals surface area contributed by atoms with E-state index in [9.17, 15) is 4.79 Å². The molecule has 0 fully saturated rings. The molecule has 0 aliphatic rings. The highest BCUT2D eigenvalue weighted by molar-refractivity contribution is 6.04. The number of nitrogens with one attached hydrogen (secondary N) is 1. The van der Waals surface area contributed by atoms with Gasteiger partial charge in [-0.2, -0.15) is 0 Å². The van der Waals surface area contributed by atoms with Gasteiger partial charge in [-0.1, -0.05) is 54.6 Å². The Morgan fingerprint density at radius 1 is 0.885 bits per heavy atom. The van der Waals surface area contributed by atoms with E-state index in [4.69, 9.17) is 4.74 Å². The maximum absolute atomic E-state index is 12.2. The zero-order valence-electron chi connectivity index (χ0n) is 14.6. The molecule has 1 aromatic heterocycles. The molecule has 0 radical (unpaired) electrons. The predicted molar refractivity (Wildman–Crippen MR) is 103 cm³/mol. The lowest BCUT2D eigenvalue weighted by atomic mass is 9.98. The van der Waals surface area contributed by atoms with Crippen LogP contribution in [-0.4, -0.2) is 23.0 Å². The number of carbonyl (C=O) groups is 1. The molecule has 0 aliphatic carbocycles. The van der Waals surface area contributed by atoms with Gasteiger partial charge in [-0.25, -0.2) is 9.78 Å². The van der Waals surface area contributed by atoms with E-state index in [1.54, 1.807) is 0 Å². The fraction of sp³-hybridized carbons (Fsp3) is 0.0909. The minimum absolute atomic E-state index is 0.385. The first-order valence-electron chi connectivity index (χ1n) is 8.40. The summed E-state index contributed by atoms with van der Waals surface area (Å²) in [7, 11) is 1.38. The molecule has 0 atom stereocenters. The number of methoxy groups -OCH3 is 1. The van der Waals surface area contributed by atoms with Crippen LogP contribution in [0.5, 0.6) is 0 Å². The van der Waals surface area contributed by atoms with E-state index < -0.39 is 0 Å². The van der Waals surface area contributed by atoms with Crippen LogP contribution in [0, 0.1) is 6.92 Å². The van der Waals surface area contributed by atoms with Crippen molar-refractivity contribution in [3.63, 3.8) is 0 Å². The van der Waals surface area contributed by atoms with Crippen LogP contribution in [-0.2, 0) is 4.74 Å². The predicted octanol–water partition coefficient (Wildman–Crippen LogP) is 4.99. The standard InChI is InChI=1S/C22H18N2O2/c1-14-23-20-13-18(12-19(21(20)24-14)22(25)26-2)17-10-8-16(9-11-17)15-6-4-3-5-7-15/h3-13H,1-2H3,(H,23,24). The third kappa shape index (κ3) is 2.86. The SMILES string of the molecule is COC(=O)c1cc(-c2ccc(-c3ccccc3)cc2)cc2[nH]c(C)nc12. The molecule has 26 heavy (non-hydrogen) atoms. The number of H-pyrrole nitrogens is 1. The largest absolute Gasteiger partial charge is 0.465 e. The minimum atomic E-state index is -0.385. The number of esters is 1. The number of benzene rings is 3. The molecule has 1 heterocycles. The van der Waals surface area contributed by atoms with Crippen LogP contribution in [0.3, 0.4) is 0 Å². The van der Waals surface area contributed by atoms with Crippen molar-refractivity contribution < 1.29 is 9.53 Å². The molecule has 0 spiro atoms. The first-order chi connectivity index (χ1) is 12.7. The molecular formula is C22H18N2O2. The van der Waals surface area contributed by atoms with Gasteiger partial charge in [-0.3, -0.25) is 0 Å². The summed E-state index contributed by atoms with van der Waals surface area (Å²) in [6, 6.07) is 22.4. The molecule has 1 N–H and O–H groups in total. The Hall–Kier alpha value is -3.40. The van der Waals surface area contributed by atoms with Crippen LogP contribution in [0.4, 0.5) is 0 Å². The van der Waals surface area contributed by atoms with Crippen LogP contribution in [0.2, 0.25) is 0 Å². The summed E-state index contributed by atoms with van der Waals surface area (Å²) in [5.74, 6) is 0.381. The molecule has 128 valence electrons. The Morgan fingerprint density at radius 2 is 1.50 bits per heavy atom. The van der Waals surface area contributed by atoms with Gasteiger partial charge in [-0.05, 0) is 41.3 Å².